The van der Waals surface area contributed by atoms with Gasteiger partial charge in [0.15, 0.2) is 0 Å². The largest absolute Gasteiger partial charge is 0.399 e. The smallest absolute Gasteiger partial charge is 0.233 e. The predicted molar refractivity (Wildman–Crippen MR) is 83.4 cm³/mol. The molecule has 1 amide bonds. The third-order valence-electron chi connectivity index (χ3n) is 2.96. The van der Waals surface area contributed by atoms with Gasteiger partial charge >= 0.3 is 0 Å². The van der Waals surface area contributed by atoms with Crippen LogP contribution in [0.4, 0.5) is 5.69 Å². The zero-order valence-corrected chi connectivity index (χ0v) is 13.3. The molecule has 0 aromatic heterocycles. The quantitative estimate of drug-likeness (QED) is 0.665. The van der Waals surface area contributed by atoms with Gasteiger partial charge in [0.2, 0.25) is 5.91 Å². The number of anilines is 1. The number of carbonyl (C=O) groups is 1. The molecular formula is C15H24N2OS. The van der Waals surface area contributed by atoms with E-state index in [2.05, 4.69) is 0 Å². The van der Waals surface area contributed by atoms with Gasteiger partial charge in [-0.3, -0.25) is 4.79 Å². The highest BCUT2D eigenvalue weighted by atomic mass is 32.2. The topological polar surface area (TPSA) is 46.3 Å². The standard InChI is InChI=1S/C15H24N2OS/c1-10(2)17(11(3)4)15(18)9-19-14-8-13(16)7-6-12(14)5/h6-8,10-11H,9,16H2,1-5H3. The molecule has 0 atom stereocenters. The van der Waals surface area contributed by atoms with E-state index in [1.165, 1.54) is 0 Å². The van der Waals surface area contributed by atoms with Gasteiger partial charge in [-0.2, -0.15) is 0 Å². The molecule has 0 aliphatic heterocycles. The van der Waals surface area contributed by atoms with Crippen molar-refractivity contribution in [2.45, 2.75) is 51.6 Å². The third-order valence-corrected chi connectivity index (χ3v) is 4.11. The molecule has 1 rings (SSSR count). The van der Waals surface area contributed by atoms with Crippen molar-refractivity contribution in [1.82, 2.24) is 4.90 Å². The third kappa shape index (κ3) is 4.46. The lowest BCUT2D eigenvalue weighted by atomic mass is 10.2. The van der Waals surface area contributed by atoms with Crippen LogP contribution in [0.3, 0.4) is 0 Å². The van der Waals surface area contributed by atoms with Crippen molar-refractivity contribution in [1.29, 1.82) is 0 Å². The fraction of sp³-hybridized carbons (Fsp3) is 0.533. The first-order valence-corrected chi connectivity index (χ1v) is 7.61. The number of aryl methyl sites for hydroxylation is 1. The molecule has 1 aromatic rings. The average Bonchev–Trinajstić information content (AvgIpc) is 2.29. The van der Waals surface area contributed by atoms with Crippen LogP contribution in [0.25, 0.3) is 0 Å². The van der Waals surface area contributed by atoms with Gasteiger partial charge in [0.05, 0.1) is 5.75 Å². The van der Waals surface area contributed by atoms with E-state index in [1.807, 2.05) is 57.7 Å². The molecule has 0 bridgehead atoms. The first-order valence-electron chi connectivity index (χ1n) is 6.63. The minimum atomic E-state index is 0.178. The molecule has 0 unspecified atom stereocenters. The van der Waals surface area contributed by atoms with Gasteiger partial charge in [-0.15, -0.1) is 11.8 Å². The van der Waals surface area contributed by atoms with Gasteiger partial charge in [-0.05, 0) is 52.3 Å². The minimum Gasteiger partial charge on any atom is -0.399 e. The van der Waals surface area contributed by atoms with Crippen LogP contribution in [0.15, 0.2) is 23.1 Å². The monoisotopic (exact) mass is 280 g/mol. The van der Waals surface area contributed by atoms with Crippen LogP contribution >= 0.6 is 11.8 Å². The number of hydrogen-bond acceptors (Lipinski definition) is 3. The number of hydrogen-bond donors (Lipinski definition) is 1. The summed E-state index contributed by atoms with van der Waals surface area (Å²) in [5.74, 6) is 0.637. The molecular weight excluding hydrogens is 256 g/mol. The van der Waals surface area contributed by atoms with Gasteiger partial charge in [0.25, 0.3) is 0 Å². The second kappa shape index (κ2) is 6.85. The summed E-state index contributed by atoms with van der Waals surface area (Å²) in [6, 6.07) is 6.27. The first-order chi connectivity index (χ1) is 8.82. The Kier molecular flexibility index (Phi) is 5.73. The Bertz CT molecular complexity index is 436. The van der Waals surface area contributed by atoms with Crippen LogP contribution in [0.1, 0.15) is 33.3 Å². The summed E-state index contributed by atoms with van der Waals surface area (Å²) in [5, 5.41) is 0. The molecule has 0 heterocycles. The fourth-order valence-corrected chi connectivity index (χ4v) is 3.10. The van der Waals surface area contributed by atoms with E-state index in [4.69, 9.17) is 5.73 Å². The normalized spacial score (nSPS) is 11.1. The molecule has 106 valence electrons. The Morgan fingerprint density at radius 3 is 2.37 bits per heavy atom. The number of nitrogens with two attached hydrogens (primary N) is 1. The summed E-state index contributed by atoms with van der Waals surface area (Å²) >= 11 is 1.56. The maximum absolute atomic E-state index is 12.3. The van der Waals surface area contributed by atoms with Crippen molar-refractivity contribution in [2.24, 2.45) is 0 Å². The Morgan fingerprint density at radius 2 is 1.84 bits per heavy atom. The Morgan fingerprint density at radius 1 is 1.26 bits per heavy atom. The minimum absolute atomic E-state index is 0.178. The first kappa shape index (κ1) is 15.9. The highest BCUT2D eigenvalue weighted by molar-refractivity contribution is 8.00. The lowest BCUT2D eigenvalue weighted by Gasteiger charge is -2.30. The molecule has 0 saturated carbocycles. The van der Waals surface area contributed by atoms with E-state index >= 15 is 0 Å². The van der Waals surface area contributed by atoms with Crippen molar-refractivity contribution >= 4 is 23.4 Å². The van der Waals surface area contributed by atoms with Crippen molar-refractivity contribution in [2.75, 3.05) is 11.5 Å². The van der Waals surface area contributed by atoms with E-state index in [0.29, 0.717) is 5.75 Å². The Balaban J connectivity index is 2.70. The number of amides is 1. The summed E-state index contributed by atoms with van der Waals surface area (Å²) < 4.78 is 0. The van der Waals surface area contributed by atoms with Crippen molar-refractivity contribution in [3.63, 3.8) is 0 Å². The molecule has 0 aliphatic rings. The SMILES string of the molecule is Cc1ccc(N)cc1SCC(=O)N(C(C)C)C(C)C. The molecule has 1 aromatic carbocycles. The summed E-state index contributed by atoms with van der Waals surface area (Å²) in [6.45, 7) is 10.2. The number of carbonyl (C=O) groups excluding carboxylic acids is 1. The van der Waals surface area contributed by atoms with Crippen LogP contribution in [0.2, 0.25) is 0 Å². The molecule has 19 heavy (non-hydrogen) atoms. The van der Waals surface area contributed by atoms with E-state index in [-0.39, 0.29) is 18.0 Å². The second-order valence-electron chi connectivity index (χ2n) is 5.30. The predicted octanol–water partition coefficient (Wildman–Crippen LogP) is 3.31. The van der Waals surface area contributed by atoms with E-state index < -0.39 is 0 Å². The van der Waals surface area contributed by atoms with Gasteiger partial charge < -0.3 is 10.6 Å². The van der Waals surface area contributed by atoms with E-state index in [1.54, 1.807) is 11.8 Å². The molecule has 0 fully saturated rings. The summed E-state index contributed by atoms with van der Waals surface area (Å²) in [6.07, 6.45) is 0. The summed E-state index contributed by atoms with van der Waals surface area (Å²) in [7, 11) is 0. The fourth-order valence-electron chi connectivity index (χ4n) is 2.16. The van der Waals surface area contributed by atoms with Crippen LogP contribution in [-0.4, -0.2) is 28.6 Å². The van der Waals surface area contributed by atoms with Gasteiger partial charge in [-0.1, -0.05) is 6.07 Å². The van der Waals surface area contributed by atoms with Crippen LogP contribution in [0, 0.1) is 6.92 Å². The van der Waals surface area contributed by atoms with Crippen LogP contribution in [0.5, 0.6) is 0 Å². The van der Waals surface area contributed by atoms with Crippen LogP contribution < -0.4 is 5.73 Å². The highest BCUT2D eigenvalue weighted by Gasteiger charge is 2.20. The molecule has 2 N–H and O–H groups in total. The zero-order valence-electron chi connectivity index (χ0n) is 12.4. The maximum Gasteiger partial charge on any atom is 0.233 e. The summed E-state index contributed by atoms with van der Waals surface area (Å²) in [5.41, 5.74) is 7.68. The molecule has 0 saturated heterocycles. The second-order valence-corrected chi connectivity index (χ2v) is 6.32. The highest BCUT2D eigenvalue weighted by Crippen LogP contribution is 2.25. The lowest BCUT2D eigenvalue weighted by molar-refractivity contribution is -0.131. The van der Waals surface area contributed by atoms with E-state index in [0.717, 1.165) is 16.1 Å². The van der Waals surface area contributed by atoms with Crippen molar-refractivity contribution in [3.8, 4) is 0 Å². The van der Waals surface area contributed by atoms with Crippen molar-refractivity contribution in [3.05, 3.63) is 23.8 Å². The van der Waals surface area contributed by atoms with Crippen LogP contribution in [-0.2, 0) is 4.79 Å². The molecule has 4 heteroatoms. The van der Waals surface area contributed by atoms with Gasteiger partial charge in [0.1, 0.15) is 0 Å². The molecule has 0 spiro atoms. The van der Waals surface area contributed by atoms with Crippen molar-refractivity contribution < 1.29 is 4.79 Å². The zero-order chi connectivity index (χ0) is 14.6. The van der Waals surface area contributed by atoms with Gasteiger partial charge in [-0.25, -0.2) is 0 Å². The van der Waals surface area contributed by atoms with Gasteiger partial charge in [0, 0.05) is 22.7 Å². The number of rotatable bonds is 5. The molecule has 3 nitrogen and oxygen atoms in total. The molecule has 0 radical (unpaired) electrons. The van der Waals surface area contributed by atoms with E-state index in [9.17, 15) is 4.79 Å². The Hall–Kier alpha value is -1.16. The number of benzene rings is 1. The maximum atomic E-state index is 12.3. The Labute approximate surface area is 120 Å². The average molecular weight is 280 g/mol. The number of nitrogens with zero attached hydrogens (tertiary/aromatic N) is 1. The lowest BCUT2D eigenvalue weighted by Crippen LogP contribution is -2.43. The summed E-state index contributed by atoms with van der Waals surface area (Å²) in [4.78, 5) is 15.3. The number of nitrogen functional groups attached to an aromatic ring is 1. The number of thioether (sulfide) groups is 1. The molecule has 0 aliphatic carbocycles.